The van der Waals surface area contributed by atoms with Gasteiger partial charge < -0.3 is 10.1 Å². The number of carbonyl (C=O) groups excluding carboxylic acids is 1. The third kappa shape index (κ3) is 5.77. The second kappa shape index (κ2) is 7.68. The molecule has 0 aliphatic carbocycles. The first kappa shape index (κ1) is 14.4. The summed E-state index contributed by atoms with van der Waals surface area (Å²) in [5, 5.41) is 2.98. The highest BCUT2D eigenvalue weighted by molar-refractivity contribution is 9.10. The van der Waals surface area contributed by atoms with Crippen LogP contribution in [0, 0.1) is 0 Å². The number of methoxy groups -OCH3 is 1. The monoisotopic (exact) mass is 293 g/mol. The minimum absolute atomic E-state index is 0. The lowest BCUT2D eigenvalue weighted by Gasteiger charge is -2.03. The number of ether oxygens (including phenoxy) is 1. The molecule has 1 aromatic carbocycles. The summed E-state index contributed by atoms with van der Waals surface area (Å²) in [4.78, 5) is 10.8. The van der Waals surface area contributed by atoms with Gasteiger partial charge in [0, 0.05) is 11.0 Å². The zero-order valence-corrected chi connectivity index (χ0v) is 10.7. The molecule has 0 radical (unpaired) electrons. The second-order valence-corrected chi connectivity index (χ2v) is 3.72. The summed E-state index contributed by atoms with van der Waals surface area (Å²) in [7, 11) is 1.38. The lowest BCUT2D eigenvalue weighted by Crippen LogP contribution is -2.23. The average Bonchev–Trinajstić information content (AvgIpc) is 2.21. The fourth-order valence-electron chi connectivity index (χ4n) is 0.983. The lowest BCUT2D eigenvalue weighted by atomic mass is 10.2. The van der Waals surface area contributed by atoms with Crippen molar-refractivity contribution in [1.82, 2.24) is 5.32 Å². The van der Waals surface area contributed by atoms with Gasteiger partial charge in [0.2, 0.25) is 0 Å². The standard InChI is InChI=1S/C10H12BrNO2.ClH/c1-14-10(13)7-12-6-8-2-4-9(11)5-3-8;/h2-5,12H,6-7H2,1H3;1H. The van der Waals surface area contributed by atoms with Gasteiger partial charge in [-0.25, -0.2) is 0 Å². The van der Waals surface area contributed by atoms with Crippen molar-refractivity contribution >= 4 is 34.3 Å². The summed E-state index contributed by atoms with van der Waals surface area (Å²) in [6.45, 7) is 0.912. The van der Waals surface area contributed by atoms with E-state index in [1.807, 2.05) is 24.3 Å². The molecule has 15 heavy (non-hydrogen) atoms. The molecule has 1 aromatic rings. The Hall–Kier alpha value is -0.580. The smallest absolute Gasteiger partial charge is 0.319 e. The predicted molar refractivity (Wildman–Crippen MR) is 65.1 cm³/mol. The van der Waals surface area contributed by atoms with Crippen molar-refractivity contribution in [1.29, 1.82) is 0 Å². The van der Waals surface area contributed by atoms with E-state index in [9.17, 15) is 4.79 Å². The number of hydrogen-bond acceptors (Lipinski definition) is 3. The molecule has 0 spiro atoms. The van der Waals surface area contributed by atoms with E-state index in [0.717, 1.165) is 10.0 Å². The summed E-state index contributed by atoms with van der Waals surface area (Å²) in [5.74, 6) is -0.248. The first-order chi connectivity index (χ1) is 6.72. The molecule has 1 rings (SSSR count). The molecular formula is C10H13BrClNO2. The van der Waals surface area contributed by atoms with Crippen LogP contribution in [-0.4, -0.2) is 19.6 Å². The molecule has 0 aromatic heterocycles. The molecule has 0 bridgehead atoms. The third-order valence-electron chi connectivity index (χ3n) is 1.74. The van der Waals surface area contributed by atoms with Crippen molar-refractivity contribution in [3.63, 3.8) is 0 Å². The molecule has 84 valence electrons. The van der Waals surface area contributed by atoms with Gasteiger partial charge in [0.15, 0.2) is 0 Å². The van der Waals surface area contributed by atoms with Gasteiger partial charge in [-0.2, -0.15) is 0 Å². The molecule has 0 fully saturated rings. The Bertz CT molecular complexity index is 303. The molecule has 0 amide bonds. The van der Waals surface area contributed by atoms with Gasteiger partial charge in [0.25, 0.3) is 0 Å². The van der Waals surface area contributed by atoms with E-state index in [0.29, 0.717) is 6.54 Å². The number of nitrogens with one attached hydrogen (secondary N) is 1. The first-order valence-electron chi connectivity index (χ1n) is 4.24. The van der Waals surface area contributed by atoms with Gasteiger partial charge in [-0.3, -0.25) is 4.79 Å². The molecule has 0 heterocycles. The van der Waals surface area contributed by atoms with Crippen LogP contribution in [0.25, 0.3) is 0 Å². The van der Waals surface area contributed by atoms with E-state index in [1.54, 1.807) is 0 Å². The maximum absolute atomic E-state index is 10.8. The van der Waals surface area contributed by atoms with Crippen LogP contribution in [0.5, 0.6) is 0 Å². The largest absolute Gasteiger partial charge is 0.468 e. The van der Waals surface area contributed by atoms with Crippen molar-refractivity contribution in [3.8, 4) is 0 Å². The van der Waals surface area contributed by atoms with Crippen LogP contribution in [0.15, 0.2) is 28.7 Å². The van der Waals surface area contributed by atoms with Crippen LogP contribution in [0.2, 0.25) is 0 Å². The molecule has 0 unspecified atom stereocenters. The number of hydrogen-bond donors (Lipinski definition) is 1. The quantitative estimate of drug-likeness (QED) is 0.865. The molecule has 1 N–H and O–H groups in total. The Balaban J connectivity index is 0.00000196. The fraction of sp³-hybridized carbons (Fsp3) is 0.300. The summed E-state index contributed by atoms with van der Waals surface area (Å²) < 4.78 is 5.55. The Kier molecular flexibility index (Phi) is 7.38. The highest BCUT2D eigenvalue weighted by atomic mass is 79.9. The maximum Gasteiger partial charge on any atom is 0.319 e. The molecule has 3 nitrogen and oxygen atoms in total. The van der Waals surface area contributed by atoms with E-state index in [1.165, 1.54) is 7.11 Å². The lowest BCUT2D eigenvalue weighted by molar-refractivity contribution is -0.139. The number of halogens is 2. The number of esters is 1. The van der Waals surface area contributed by atoms with Crippen LogP contribution >= 0.6 is 28.3 Å². The highest BCUT2D eigenvalue weighted by Gasteiger charge is 1.98. The third-order valence-corrected chi connectivity index (χ3v) is 2.27. The van der Waals surface area contributed by atoms with Gasteiger partial charge >= 0.3 is 5.97 Å². The van der Waals surface area contributed by atoms with Crippen molar-refractivity contribution in [2.45, 2.75) is 6.54 Å². The van der Waals surface area contributed by atoms with Gasteiger partial charge in [-0.05, 0) is 17.7 Å². The van der Waals surface area contributed by atoms with Crippen molar-refractivity contribution < 1.29 is 9.53 Å². The zero-order chi connectivity index (χ0) is 10.4. The van der Waals surface area contributed by atoms with E-state index in [4.69, 9.17) is 0 Å². The molecular weight excluding hydrogens is 281 g/mol. The van der Waals surface area contributed by atoms with Gasteiger partial charge in [0.05, 0.1) is 13.7 Å². The number of rotatable bonds is 4. The van der Waals surface area contributed by atoms with Gasteiger partial charge in [0.1, 0.15) is 0 Å². The first-order valence-corrected chi connectivity index (χ1v) is 5.03. The van der Waals surface area contributed by atoms with E-state index < -0.39 is 0 Å². The Morgan fingerprint density at radius 3 is 2.53 bits per heavy atom. The van der Waals surface area contributed by atoms with Crippen molar-refractivity contribution in [2.24, 2.45) is 0 Å². The van der Waals surface area contributed by atoms with Crippen molar-refractivity contribution in [2.75, 3.05) is 13.7 Å². The summed E-state index contributed by atoms with van der Waals surface area (Å²) in [6.07, 6.45) is 0. The molecule has 5 heteroatoms. The number of carbonyl (C=O) groups is 1. The normalized spacial score (nSPS) is 9.20. The van der Waals surface area contributed by atoms with Crippen LogP contribution in [0.4, 0.5) is 0 Å². The SMILES string of the molecule is COC(=O)CNCc1ccc(Br)cc1.Cl. The molecule has 0 atom stereocenters. The fourth-order valence-corrected chi connectivity index (χ4v) is 1.25. The Labute approximate surface area is 104 Å². The van der Waals surface area contributed by atoms with Crippen LogP contribution < -0.4 is 5.32 Å². The van der Waals surface area contributed by atoms with E-state index >= 15 is 0 Å². The second-order valence-electron chi connectivity index (χ2n) is 2.81. The molecule has 0 aliphatic rings. The minimum Gasteiger partial charge on any atom is -0.468 e. The van der Waals surface area contributed by atoms with Crippen LogP contribution in [0.3, 0.4) is 0 Å². The summed E-state index contributed by atoms with van der Waals surface area (Å²) >= 11 is 3.35. The van der Waals surface area contributed by atoms with Gasteiger partial charge in [-0.1, -0.05) is 28.1 Å². The maximum atomic E-state index is 10.8. The summed E-state index contributed by atoms with van der Waals surface area (Å²) in [5.41, 5.74) is 1.14. The molecule has 0 aliphatic heterocycles. The number of benzene rings is 1. The predicted octanol–water partition coefficient (Wildman–Crippen LogP) is 2.13. The van der Waals surface area contributed by atoms with Crippen LogP contribution in [0.1, 0.15) is 5.56 Å². The zero-order valence-electron chi connectivity index (χ0n) is 8.33. The Morgan fingerprint density at radius 2 is 2.00 bits per heavy atom. The van der Waals surface area contributed by atoms with E-state index in [2.05, 4.69) is 26.0 Å². The highest BCUT2D eigenvalue weighted by Crippen LogP contribution is 2.09. The molecule has 0 saturated heterocycles. The minimum atomic E-state index is -0.248. The Morgan fingerprint density at radius 1 is 1.40 bits per heavy atom. The average molecular weight is 295 g/mol. The van der Waals surface area contributed by atoms with Crippen LogP contribution in [-0.2, 0) is 16.1 Å². The summed E-state index contributed by atoms with van der Waals surface area (Å²) in [6, 6.07) is 7.92. The topological polar surface area (TPSA) is 38.3 Å². The van der Waals surface area contributed by atoms with E-state index in [-0.39, 0.29) is 24.9 Å². The molecule has 0 saturated carbocycles. The van der Waals surface area contributed by atoms with Crippen molar-refractivity contribution in [3.05, 3.63) is 34.3 Å². The van der Waals surface area contributed by atoms with Gasteiger partial charge in [-0.15, -0.1) is 12.4 Å².